The van der Waals surface area contributed by atoms with Crippen molar-refractivity contribution in [2.24, 2.45) is 0 Å². The van der Waals surface area contributed by atoms with Crippen molar-refractivity contribution in [3.63, 3.8) is 0 Å². The second-order valence-electron chi connectivity index (χ2n) is 3.01. The van der Waals surface area contributed by atoms with E-state index in [-0.39, 0.29) is 0 Å². The SMILES string of the molecule is C1=C\c2ccccc2/C=C\CC/1.CC. The van der Waals surface area contributed by atoms with Crippen LogP contribution in [0.5, 0.6) is 0 Å². The number of hydrogen-bond donors (Lipinski definition) is 0. The maximum absolute atomic E-state index is 2.24. The summed E-state index contributed by atoms with van der Waals surface area (Å²) in [6.07, 6.45) is 11.2. The van der Waals surface area contributed by atoms with Crippen LogP contribution in [-0.2, 0) is 0 Å². The Labute approximate surface area is 87.0 Å². The summed E-state index contributed by atoms with van der Waals surface area (Å²) in [5.74, 6) is 0. The zero-order chi connectivity index (χ0) is 10.2. The van der Waals surface area contributed by atoms with Crippen LogP contribution in [-0.4, -0.2) is 0 Å². The van der Waals surface area contributed by atoms with Gasteiger partial charge in [0.25, 0.3) is 0 Å². The number of allylic oxidation sites excluding steroid dienone is 2. The van der Waals surface area contributed by atoms with Crippen molar-refractivity contribution in [2.75, 3.05) is 0 Å². The molecule has 0 heterocycles. The quantitative estimate of drug-likeness (QED) is 0.558. The van der Waals surface area contributed by atoms with Gasteiger partial charge in [0.1, 0.15) is 0 Å². The van der Waals surface area contributed by atoms with Crippen LogP contribution in [0, 0.1) is 0 Å². The molecule has 74 valence electrons. The molecule has 0 saturated carbocycles. The van der Waals surface area contributed by atoms with Crippen molar-refractivity contribution in [1.29, 1.82) is 0 Å². The molecule has 0 bridgehead atoms. The summed E-state index contributed by atoms with van der Waals surface area (Å²) in [6.45, 7) is 4.00. The fourth-order valence-corrected chi connectivity index (χ4v) is 1.43. The molecule has 0 atom stereocenters. The van der Waals surface area contributed by atoms with Gasteiger partial charge in [-0.1, -0.05) is 62.4 Å². The smallest absolute Gasteiger partial charge is 0.0187 e. The average molecular weight is 186 g/mol. The first kappa shape index (κ1) is 10.8. The fraction of sp³-hybridized carbons (Fsp3) is 0.286. The summed E-state index contributed by atoms with van der Waals surface area (Å²) < 4.78 is 0. The van der Waals surface area contributed by atoms with Crippen molar-refractivity contribution >= 4 is 12.2 Å². The van der Waals surface area contributed by atoms with E-state index in [0.717, 1.165) is 12.8 Å². The van der Waals surface area contributed by atoms with E-state index in [1.165, 1.54) is 11.1 Å². The number of hydrogen-bond acceptors (Lipinski definition) is 0. The van der Waals surface area contributed by atoms with Gasteiger partial charge in [-0.25, -0.2) is 0 Å². The van der Waals surface area contributed by atoms with E-state index in [0.29, 0.717) is 0 Å². The Bertz CT molecular complexity index is 286. The lowest BCUT2D eigenvalue weighted by molar-refractivity contribution is 1.06. The molecular weight excluding hydrogens is 168 g/mol. The molecule has 0 aliphatic heterocycles. The molecule has 0 aromatic heterocycles. The summed E-state index contributed by atoms with van der Waals surface area (Å²) in [4.78, 5) is 0. The van der Waals surface area contributed by atoms with Crippen LogP contribution in [0.3, 0.4) is 0 Å². The number of benzene rings is 1. The second-order valence-corrected chi connectivity index (χ2v) is 3.01. The first-order valence-corrected chi connectivity index (χ1v) is 5.39. The van der Waals surface area contributed by atoms with Gasteiger partial charge in [-0.05, 0) is 24.0 Å². The lowest BCUT2D eigenvalue weighted by Gasteiger charge is -2.02. The standard InChI is InChI=1S/C12H12.C2H6/c1-2-4-8-12-10-6-5-9-11(12)7-3-1;1-2/h3-10H,1-2H2;1-2H3/b7-3-,8-4-;. The summed E-state index contributed by atoms with van der Waals surface area (Å²) >= 11 is 0. The zero-order valence-corrected chi connectivity index (χ0v) is 9.03. The van der Waals surface area contributed by atoms with Crippen LogP contribution in [0.2, 0.25) is 0 Å². The average Bonchev–Trinajstić information content (AvgIpc) is 2.22. The van der Waals surface area contributed by atoms with Gasteiger partial charge in [0.05, 0.1) is 0 Å². The van der Waals surface area contributed by atoms with Crippen molar-refractivity contribution in [1.82, 2.24) is 0 Å². The molecule has 2 rings (SSSR count). The molecule has 1 aliphatic carbocycles. The Morgan fingerprint density at radius 3 is 1.64 bits per heavy atom. The highest BCUT2D eigenvalue weighted by atomic mass is 14.0. The molecule has 0 saturated heterocycles. The fourth-order valence-electron chi connectivity index (χ4n) is 1.43. The highest BCUT2D eigenvalue weighted by Gasteiger charge is 1.94. The third-order valence-corrected chi connectivity index (χ3v) is 2.09. The van der Waals surface area contributed by atoms with Gasteiger partial charge in [0.2, 0.25) is 0 Å². The van der Waals surface area contributed by atoms with Gasteiger partial charge in [0.15, 0.2) is 0 Å². The van der Waals surface area contributed by atoms with Gasteiger partial charge >= 0.3 is 0 Å². The lowest BCUT2D eigenvalue weighted by atomic mass is 10.0. The minimum absolute atomic E-state index is 1.16. The normalized spacial score (nSPS) is 17.9. The molecule has 1 aromatic rings. The van der Waals surface area contributed by atoms with Gasteiger partial charge < -0.3 is 0 Å². The van der Waals surface area contributed by atoms with Crippen LogP contribution < -0.4 is 0 Å². The van der Waals surface area contributed by atoms with Crippen LogP contribution in [0.15, 0.2) is 36.4 Å². The summed E-state index contributed by atoms with van der Waals surface area (Å²) in [5, 5.41) is 0. The molecule has 14 heavy (non-hydrogen) atoms. The third kappa shape index (κ3) is 2.88. The Hall–Kier alpha value is -1.30. The maximum Gasteiger partial charge on any atom is -0.0187 e. The first-order chi connectivity index (χ1) is 6.97. The Morgan fingerprint density at radius 2 is 1.21 bits per heavy atom. The van der Waals surface area contributed by atoms with Crippen molar-refractivity contribution in [3.8, 4) is 0 Å². The van der Waals surface area contributed by atoms with E-state index < -0.39 is 0 Å². The Kier molecular flexibility index (Phi) is 4.77. The van der Waals surface area contributed by atoms with Gasteiger partial charge in [-0.15, -0.1) is 0 Å². The van der Waals surface area contributed by atoms with Gasteiger partial charge in [-0.2, -0.15) is 0 Å². The van der Waals surface area contributed by atoms with E-state index in [4.69, 9.17) is 0 Å². The van der Waals surface area contributed by atoms with Crippen LogP contribution >= 0.6 is 0 Å². The highest BCUT2D eigenvalue weighted by molar-refractivity contribution is 5.65. The molecule has 1 aliphatic rings. The predicted molar refractivity (Wildman–Crippen MR) is 65.1 cm³/mol. The maximum atomic E-state index is 2.24. The molecule has 0 N–H and O–H groups in total. The van der Waals surface area contributed by atoms with E-state index >= 15 is 0 Å². The van der Waals surface area contributed by atoms with E-state index in [2.05, 4.69) is 48.6 Å². The molecule has 0 radical (unpaired) electrons. The lowest BCUT2D eigenvalue weighted by Crippen LogP contribution is -1.81. The molecule has 0 spiro atoms. The zero-order valence-electron chi connectivity index (χ0n) is 9.03. The minimum atomic E-state index is 1.16. The van der Waals surface area contributed by atoms with Crippen molar-refractivity contribution < 1.29 is 0 Å². The number of rotatable bonds is 0. The molecule has 0 heteroatoms. The summed E-state index contributed by atoms with van der Waals surface area (Å²) in [6, 6.07) is 8.47. The third-order valence-electron chi connectivity index (χ3n) is 2.09. The summed E-state index contributed by atoms with van der Waals surface area (Å²) in [7, 11) is 0. The van der Waals surface area contributed by atoms with E-state index in [1.54, 1.807) is 0 Å². The predicted octanol–water partition coefficient (Wildman–Crippen LogP) is 4.53. The second kappa shape index (κ2) is 6.20. The largest absolute Gasteiger partial charge is 0.0836 e. The minimum Gasteiger partial charge on any atom is -0.0836 e. The van der Waals surface area contributed by atoms with Crippen LogP contribution in [0.4, 0.5) is 0 Å². The molecule has 0 unspecified atom stereocenters. The molecule has 0 nitrogen and oxygen atoms in total. The van der Waals surface area contributed by atoms with Gasteiger partial charge in [0, 0.05) is 0 Å². The van der Waals surface area contributed by atoms with Crippen molar-refractivity contribution in [2.45, 2.75) is 26.7 Å². The molecular formula is C14H18. The van der Waals surface area contributed by atoms with Crippen LogP contribution in [0.1, 0.15) is 37.8 Å². The van der Waals surface area contributed by atoms with E-state index in [9.17, 15) is 0 Å². The Morgan fingerprint density at radius 1 is 0.786 bits per heavy atom. The molecule has 1 aromatic carbocycles. The number of fused-ring (bicyclic) bond motifs is 1. The van der Waals surface area contributed by atoms with E-state index in [1.807, 2.05) is 13.8 Å². The first-order valence-electron chi connectivity index (χ1n) is 5.39. The van der Waals surface area contributed by atoms with Crippen molar-refractivity contribution in [3.05, 3.63) is 47.5 Å². The summed E-state index contributed by atoms with van der Waals surface area (Å²) in [5.41, 5.74) is 2.65. The molecule has 0 fully saturated rings. The van der Waals surface area contributed by atoms with Gasteiger partial charge in [-0.3, -0.25) is 0 Å². The molecule has 0 amide bonds. The van der Waals surface area contributed by atoms with Crippen LogP contribution in [0.25, 0.3) is 12.2 Å². The monoisotopic (exact) mass is 186 g/mol. The highest BCUT2D eigenvalue weighted by Crippen LogP contribution is 2.15. The topological polar surface area (TPSA) is 0 Å². The Balaban J connectivity index is 0.000000461.